The molecule has 5 heteroatoms. The first-order valence-electron chi connectivity index (χ1n) is 9.72. The molecule has 0 atom stereocenters. The first-order chi connectivity index (χ1) is 13.7. The van der Waals surface area contributed by atoms with E-state index in [2.05, 4.69) is 20.4 Å². The Morgan fingerprint density at radius 1 is 1.00 bits per heavy atom. The van der Waals surface area contributed by atoms with Crippen molar-refractivity contribution in [2.75, 3.05) is 23.3 Å². The maximum absolute atomic E-state index is 12.4. The van der Waals surface area contributed by atoms with Crippen LogP contribution in [0.15, 0.2) is 60.7 Å². The molecule has 3 aromatic rings. The number of hydrogen-bond donors (Lipinski definition) is 1. The number of carbonyl (C=O) groups excluding carboxylic acids is 1. The highest BCUT2D eigenvalue weighted by Crippen LogP contribution is 2.23. The van der Waals surface area contributed by atoms with E-state index in [1.807, 2.05) is 67.6 Å². The SMILES string of the molecule is Cc1ccccc1CC(=O)Nc1cccc(-c2ccc(N3CCCC3)nn2)c1. The molecule has 142 valence electrons. The van der Waals surface area contributed by atoms with Gasteiger partial charge in [-0.1, -0.05) is 36.4 Å². The minimum atomic E-state index is -0.0260. The highest BCUT2D eigenvalue weighted by atomic mass is 16.1. The highest BCUT2D eigenvalue weighted by Gasteiger charge is 2.14. The molecule has 1 saturated heterocycles. The largest absolute Gasteiger partial charge is 0.355 e. The molecule has 0 radical (unpaired) electrons. The summed E-state index contributed by atoms with van der Waals surface area (Å²) in [5, 5.41) is 11.8. The average molecular weight is 372 g/mol. The molecule has 0 saturated carbocycles. The lowest BCUT2D eigenvalue weighted by Gasteiger charge is -2.15. The van der Waals surface area contributed by atoms with Crippen molar-refractivity contribution in [2.24, 2.45) is 0 Å². The minimum absolute atomic E-state index is 0.0260. The van der Waals surface area contributed by atoms with Crippen molar-refractivity contribution < 1.29 is 4.79 Å². The normalized spacial score (nSPS) is 13.5. The van der Waals surface area contributed by atoms with Crippen LogP contribution >= 0.6 is 0 Å². The van der Waals surface area contributed by atoms with Crippen LogP contribution in [0.1, 0.15) is 24.0 Å². The van der Waals surface area contributed by atoms with Crippen LogP contribution in [0.5, 0.6) is 0 Å². The predicted octanol–water partition coefficient (Wildman–Crippen LogP) is 4.23. The number of nitrogens with one attached hydrogen (secondary N) is 1. The molecule has 0 spiro atoms. The number of aromatic nitrogens is 2. The summed E-state index contributed by atoms with van der Waals surface area (Å²) in [6, 6.07) is 19.7. The second-order valence-corrected chi connectivity index (χ2v) is 7.20. The van der Waals surface area contributed by atoms with E-state index in [9.17, 15) is 4.79 Å². The fourth-order valence-corrected chi connectivity index (χ4v) is 3.54. The second kappa shape index (κ2) is 8.21. The standard InChI is InChI=1S/C23H24N4O/c1-17-7-2-3-8-18(17)16-23(28)24-20-10-6-9-19(15-20)21-11-12-22(26-25-21)27-13-4-5-14-27/h2-3,6-12,15H,4-5,13-14,16H2,1H3,(H,24,28). The summed E-state index contributed by atoms with van der Waals surface area (Å²) in [6.07, 6.45) is 2.79. The van der Waals surface area contributed by atoms with Gasteiger partial charge >= 0.3 is 0 Å². The van der Waals surface area contributed by atoms with Crippen molar-refractivity contribution in [2.45, 2.75) is 26.2 Å². The highest BCUT2D eigenvalue weighted by molar-refractivity contribution is 5.93. The van der Waals surface area contributed by atoms with Gasteiger partial charge in [-0.2, -0.15) is 0 Å². The van der Waals surface area contributed by atoms with Gasteiger partial charge in [-0.3, -0.25) is 4.79 Å². The molecule has 1 aromatic heterocycles. The van der Waals surface area contributed by atoms with Crippen LogP contribution in [0.25, 0.3) is 11.3 Å². The number of nitrogens with zero attached hydrogens (tertiary/aromatic N) is 3. The summed E-state index contributed by atoms with van der Waals surface area (Å²) in [5.41, 5.74) is 4.67. The zero-order valence-electron chi connectivity index (χ0n) is 16.1. The van der Waals surface area contributed by atoms with Crippen molar-refractivity contribution in [3.05, 3.63) is 71.8 Å². The quantitative estimate of drug-likeness (QED) is 0.728. The number of benzene rings is 2. The number of hydrogen-bond acceptors (Lipinski definition) is 4. The van der Waals surface area contributed by atoms with Crippen LogP contribution in [0, 0.1) is 6.92 Å². The molecular formula is C23H24N4O. The molecule has 5 nitrogen and oxygen atoms in total. The second-order valence-electron chi connectivity index (χ2n) is 7.20. The Morgan fingerprint density at radius 3 is 2.57 bits per heavy atom. The fraction of sp³-hybridized carbons (Fsp3) is 0.261. The molecule has 0 unspecified atom stereocenters. The van der Waals surface area contributed by atoms with Crippen molar-refractivity contribution in [3.63, 3.8) is 0 Å². The van der Waals surface area contributed by atoms with E-state index in [1.165, 1.54) is 12.8 Å². The number of rotatable bonds is 5. The Labute approximate surface area is 165 Å². The zero-order valence-corrected chi connectivity index (χ0v) is 16.1. The number of aryl methyl sites for hydroxylation is 1. The molecule has 1 N–H and O–H groups in total. The Morgan fingerprint density at radius 2 is 1.82 bits per heavy atom. The van der Waals surface area contributed by atoms with Crippen LogP contribution < -0.4 is 10.2 Å². The van der Waals surface area contributed by atoms with Crippen LogP contribution in [0.4, 0.5) is 11.5 Å². The van der Waals surface area contributed by atoms with Crippen molar-refractivity contribution >= 4 is 17.4 Å². The fourth-order valence-electron chi connectivity index (χ4n) is 3.54. The number of amides is 1. The van der Waals surface area contributed by atoms with Gasteiger partial charge in [0.05, 0.1) is 12.1 Å². The molecule has 1 amide bonds. The number of anilines is 2. The summed E-state index contributed by atoms with van der Waals surface area (Å²) in [6.45, 7) is 4.13. The lowest BCUT2D eigenvalue weighted by Crippen LogP contribution is -2.19. The third kappa shape index (κ3) is 4.19. The van der Waals surface area contributed by atoms with Gasteiger partial charge in [-0.05, 0) is 55.2 Å². The van der Waals surface area contributed by atoms with Crippen molar-refractivity contribution in [1.29, 1.82) is 0 Å². The van der Waals surface area contributed by atoms with E-state index in [4.69, 9.17) is 0 Å². The molecule has 2 aromatic carbocycles. The monoisotopic (exact) mass is 372 g/mol. The molecule has 2 heterocycles. The molecule has 0 aliphatic carbocycles. The lowest BCUT2D eigenvalue weighted by atomic mass is 10.1. The number of carbonyl (C=O) groups is 1. The maximum atomic E-state index is 12.4. The maximum Gasteiger partial charge on any atom is 0.228 e. The third-order valence-electron chi connectivity index (χ3n) is 5.13. The van der Waals surface area contributed by atoms with Crippen molar-refractivity contribution in [1.82, 2.24) is 10.2 Å². The molecule has 4 rings (SSSR count). The Hall–Kier alpha value is -3.21. The Bertz CT molecular complexity index is 962. The topological polar surface area (TPSA) is 58.1 Å². The molecule has 1 aliphatic rings. The molecular weight excluding hydrogens is 348 g/mol. The lowest BCUT2D eigenvalue weighted by molar-refractivity contribution is -0.115. The smallest absolute Gasteiger partial charge is 0.228 e. The first kappa shape index (κ1) is 18.2. The van der Waals surface area contributed by atoms with Crippen molar-refractivity contribution in [3.8, 4) is 11.3 Å². The zero-order chi connectivity index (χ0) is 19.3. The van der Waals surface area contributed by atoms with Gasteiger partial charge in [-0.25, -0.2) is 0 Å². The van der Waals surface area contributed by atoms with Gasteiger partial charge in [0.15, 0.2) is 5.82 Å². The summed E-state index contributed by atoms with van der Waals surface area (Å²) in [5.74, 6) is 0.908. The van der Waals surface area contributed by atoms with Gasteiger partial charge in [0, 0.05) is 24.3 Å². The third-order valence-corrected chi connectivity index (χ3v) is 5.13. The summed E-state index contributed by atoms with van der Waals surface area (Å²) in [7, 11) is 0. The van der Waals surface area contributed by atoms with E-state index >= 15 is 0 Å². The minimum Gasteiger partial charge on any atom is -0.355 e. The van der Waals surface area contributed by atoms with Gasteiger partial charge < -0.3 is 10.2 Å². The Kier molecular flexibility index (Phi) is 5.33. The van der Waals surface area contributed by atoms with Gasteiger partial charge in [-0.15, -0.1) is 10.2 Å². The predicted molar refractivity (Wildman–Crippen MR) is 112 cm³/mol. The van der Waals surface area contributed by atoms with Crippen LogP contribution in [-0.2, 0) is 11.2 Å². The van der Waals surface area contributed by atoms with Gasteiger partial charge in [0.2, 0.25) is 5.91 Å². The summed E-state index contributed by atoms with van der Waals surface area (Å²) in [4.78, 5) is 14.7. The summed E-state index contributed by atoms with van der Waals surface area (Å²) < 4.78 is 0. The van der Waals surface area contributed by atoms with Gasteiger partial charge in [0.1, 0.15) is 0 Å². The Balaban J connectivity index is 1.45. The molecule has 1 fully saturated rings. The van der Waals surface area contributed by atoms with Gasteiger partial charge in [0.25, 0.3) is 0 Å². The van der Waals surface area contributed by atoms with E-state index in [0.29, 0.717) is 6.42 Å². The molecule has 0 bridgehead atoms. The van der Waals surface area contributed by atoms with E-state index in [-0.39, 0.29) is 5.91 Å². The molecule has 28 heavy (non-hydrogen) atoms. The first-order valence-corrected chi connectivity index (χ1v) is 9.72. The van der Waals surface area contributed by atoms with E-state index < -0.39 is 0 Å². The van der Waals surface area contributed by atoms with Crippen LogP contribution in [0.2, 0.25) is 0 Å². The van der Waals surface area contributed by atoms with Crippen LogP contribution in [-0.4, -0.2) is 29.2 Å². The van der Waals surface area contributed by atoms with E-state index in [0.717, 1.165) is 47.0 Å². The summed E-state index contributed by atoms with van der Waals surface area (Å²) >= 11 is 0. The molecule has 1 aliphatic heterocycles. The average Bonchev–Trinajstić information content (AvgIpc) is 3.25. The van der Waals surface area contributed by atoms with Crippen LogP contribution in [0.3, 0.4) is 0 Å². The van der Waals surface area contributed by atoms with E-state index in [1.54, 1.807) is 0 Å².